The van der Waals surface area contributed by atoms with Crippen LogP contribution in [0.3, 0.4) is 0 Å². The van der Waals surface area contributed by atoms with Gasteiger partial charge in [0.2, 0.25) is 0 Å². The molecule has 1 atom stereocenters. The molecule has 1 aliphatic rings. The molecule has 2 rings (SSSR count). The maximum Gasteiger partial charge on any atom is 0.122 e. The van der Waals surface area contributed by atoms with Crippen molar-refractivity contribution in [3.05, 3.63) is 23.8 Å². The number of methoxy groups -OCH3 is 2. The van der Waals surface area contributed by atoms with Crippen molar-refractivity contribution in [2.75, 3.05) is 20.8 Å². The van der Waals surface area contributed by atoms with Crippen molar-refractivity contribution in [2.45, 2.75) is 12.3 Å². The summed E-state index contributed by atoms with van der Waals surface area (Å²) in [5.74, 6) is 2.09. The van der Waals surface area contributed by atoms with E-state index in [0.717, 1.165) is 24.5 Å². The van der Waals surface area contributed by atoms with E-state index in [-0.39, 0.29) is 0 Å². The molecule has 15 heavy (non-hydrogen) atoms. The van der Waals surface area contributed by atoms with Gasteiger partial charge in [-0.15, -0.1) is 0 Å². The first kappa shape index (κ1) is 10.0. The van der Waals surface area contributed by atoms with E-state index < -0.39 is 0 Å². The second-order valence-electron chi connectivity index (χ2n) is 3.60. The minimum atomic E-state index is 0.411. The molecule has 0 aliphatic carbocycles. The van der Waals surface area contributed by atoms with Crippen LogP contribution in [-0.4, -0.2) is 27.0 Å². The highest BCUT2D eigenvalue weighted by Gasteiger charge is 2.14. The molecule has 0 aromatic heterocycles. The summed E-state index contributed by atoms with van der Waals surface area (Å²) in [5, 5.41) is 0. The van der Waals surface area contributed by atoms with Crippen LogP contribution in [-0.2, 0) is 0 Å². The Morgan fingerprint density at radius 1 is 1.13 bits per heavy atom. The quantitative estimate of drug-likeness (QED) is 0.757. The molecule has 3 heteroatoms. The molecule has 0 spiro atoms. The van der Waals surface area contributed by atoms with E-state index >= 15 is 0 Å². The Hall–Kier alpha value is -1.51. The number of nitrogens with zero attached hydrogens (tertiary/aromatic N) is 1. The zero-order valence-electron chi connectivity index (χ0n) is 9.06. The van der Waals surface area contributed by atoms with Crippen LogP contribution in [0.5, 0.6) is 11.5 Å². The van der Waals surface area contributed by atoms with Crippen molar-refractivity contribution in [1.82, 2.24) is 0 Å². The number of hydrogen-bond donors (Lipinski definition) is 0. The summed E-state index contributed by atoms with van der Waals surface area (Å²) in [6, 6.07) is 5.98. The summed E-state index contributed by atoms with van der Waals surface area (Å²) in [6.07, 6.45) is 3.09. The summed E-state index contributed by atoms with van der Waals surface area (Å²) in [4.78, 5) is 4.25. The summed E-state index contributed by atoms with van der Waals surface area (Å²) in [5.41, 5.74) is 1.22. The largest absolute Gasteiger partial charge is 0.497 e. The molecule has 0 amide bonds. The van der Waals surface area contributed by atoms with E-state index in [1.54, 1.807) is 14.2 Å². The molecule has 1 heterocycles. The zero-order valence-corrected chi connectivity index (χ0v) is 9.06. The highest BCUT2D eigenvalue weighted by Crippen LogP contribution is 2.29. The van der Waals surface area contributed by atoms with Crippen LogP contribution in [0.2, 0.25) is 0 Å². The fourth-order valence-electron chi connectivity index (χ4n) is 1.79. The van der Waals surface area contributed by atoms with Crippen molar-refractivity contribution < 1.29 is 9.47 Å². The van der Waals surface area contributed by atoms with Gasteiger partial charge >= 0.3 is 0 Å². The van der Waals surface area contributed by atoms with Crippen LogP contribution >= 0.6 is 0 Å². The van der Waals surface area contributed by atoms with Crippen LogP contribution in [0.25, 0.3) is 0 Å². The Morgan fingerprint density at radius 2 is 1.80 bits per heavy atom. The van der Waals surface area contributed by atoms with Crippen LogP contribution in [0.15, 0.2) is 23.2 Å². The molecule has 0 unspecified atom stereocenters. The summed E-state index contributed by atoms with van der Waals surface area (Å²) in [6.45, 7) is 0.921. The van der Waals surface area contributed by atoms with Gasteiger partial charge in [0.05, 0.1) is 14.2 Å². The highest BCUT2D eigenvalue weighted by atomic mass is 16.5. The minimum Gasteiger partial charge on any atom is -0.497 e. The smallest absolute Gasteiger partial charge is 0.122 e. The number of benzene rings is 1. The molecule has 0 saturated carbocycles. The highest BCUT2D eigenvalue weighted by molar-refractivity contribution is 5.70. The lowest BCUT2D eigenvalue weighted by Gasteiger charge is -2.11. The third kappa shape index (κ3) is 2.12. The summed E-state index contributed by atoms with van der Waals surface area (Å²) in [7, 11) is 3.34. The Kier molecular flexibility index (Phi) is 2.90. The normalized spacial score (nSPS) is 19.2. The predicted octanol–water partition coefficient (Wildman–Crippen LogP) is 2.26. The maximum absolute atomic E-state index is 5.23. The van der Waals surface area contributed by atoms with Crippen LogP contribution in [0, 0.1) is 0 Å². The average Bonchev–Trinajstić information content (AvgIpc) is 2.81. The van der Waals surface area contributed by atoms with E-state index in [2.05, 4.69) is 4.99 Å². The van der Waals surface area contributed by atoms with Crippen molar-refractivity contribution in [3.63, 3.8) is 0 Å². The van der Waals surface area contributed by atoms with Gasteiger partial charge in [-0.1, -0.05) is 0 Å². The Morgan fingerprint density at radius 3 is 2.27 bits per heavy atom. The fourth-order valence-corrected chi connectivity index (χ4v) is 1.79. The molecule has 80 valence electrons. The van der Waals surface area contributed by atoms with Gasteiger partial charge in [-0.25, -0.2) is 0 Å². The van der Waals surface area contributed by atoms with Gasteiger partial charge in [-0.3, -0.25) is 4.99 Å². The molecule has 0 fully saturated rings. The predicted molar refractivity (Wildman–Crippen MR) is 60.3 cm³/mol. The molecule has 0 radical (unpaired) electrons. The van der Waals surface area contributed by atoms with Crippen molar-refractivity contribution >= 4 is 6.21 Å². The van der Waals surface area contributed by atoms with Gasteiger partial charge in [0.15, 0.2) is 0 Å². The van der Waals surface area contributed by atoms with Gasteiger partial charge in [-0.2, -0.15) is 0 Å². The number of aliphatic imine (C=N–C) groups is 1. The lowest BCUT2D eigenvalue weighted by molar-refractivity contribution is 0.393. The molecule has 1 aliphatic heterocycles. The summed E-state index contributed by atoms with van der Waals surface area (Å²) < 4.78 is 10.5. The Labute approximate surface area is 89.7 Å². The van der Waals surface area contributed by atoms with Crippen molar-refractivity contribution in [2.24, 2.45) is 4.99 Å². The Balaban J connectivity index is 2.32. The number of rotatable bonds is 3. The van der Waals surface area contributed by atoms with E-state index in [0.29, 0.717) is 5.92 Å². The monoisotopic (exact) mass is 205 g/mol. The van der Waals surface area contributed by atoms with Crippen LogP contribution < -0.4 is 9.47 Å². The van der Waals surface area contributed by atoms with Crippen molar-refractivity contribution in [3.8, 4) is 11.5 Å². The van der Waals surface area contributed by atoms with E-state index in [9.17, 15) is 0 Å². The fraction of sp³-hybridized carbons (Fsp3) is 0.417. The molecule has 0 N–H and O–H groups in total. The van der Waals surface area contributed by atoms with Gasteiger partial charge in [-0.05, 0) is 24.1 Å². The molecule has 0 saturated heterocycles. The van der Waals surface area contributed by atoms with Crippen molar-refractivity contribution in [1.29, 1.82) is 0 Å². The third-order valence-corrected chi connectivity index (χ3v) is 2.66. The van der Waals surface area contributed by atoms with Gasteiger partial charge < -0.3 is 9.47 Å². The molecule has 3 nitrogen and oxygen atoms in total. The summed E-state index contributed by atoms with van der Waals surface area (Å²) >= 11 is 0. The van der Waals surface area contributed by atoms with Crippen LogP contribution in [0.1, 0.15) is 17.9 Å². The van der Waals surface area contributed by atoms with E-state index in [4.69, 9.17) is 9.47 Å². The number of hydrogen-bond acceptors (Lipinski definition) is 3. The first-order valence-corrected chi connectivity index (χ1v) is 5.06. The average molecular weight is 205 g/mol. The standard InChI is InChI=1S/C12H15NO2/c1-14-11-5-10(6-12(7-11)15-2)9-3-4-13-8-9/h5-9H,3-4H2,1-2H3/t9-/m1/s1. The third-order valence-electron chi connectivity index (χ3n) is 2.66. The van der Waals surface area contributed by atoms with Gasteiger partial charge in [0, 0.05) is 24.7 Å². The molecule has 1 aromatic rings. The first-order valence-electron chi connectivity index (χ1n) is 5.06. The second kappa shape index (κ2) is 4.34. The lowest BCUT2D eigenvalue weighted by atomic mass is 9.98. The van der Waals surface area contributed by atoms with E-state index in [1.807, 2.05) is 24.4 Å². The van der Waals surface area contributed by atoms with Gasteiger partial charge in [0.25, 0.3) is 0 Å². The molecule has 0 bridgehead atoms. The second-order valence-corrected chi connectivity index (χ2v) is 3.60. The molecular weight excluding hydrogens is 190 g/mol. The lowest BCUT2D eigenvalue weighted by Crippen LogP contribution is -1.98. The van der Waals surface area contributed by atoms with Crippen LogP contribution in [0.4, 0.5) is 0 Å². The molecular formula is C12H15NO2. The first-order chi connectivity index (χ1) is 7.33. The van der Waals surface area contributed by atoms with Gasteiger partial charge in [0.1, 0.15) is 11.5 Å². The van der Waals surface area contributed by atoms with E-state index in [1.165, 1.54) is 5.56 Å². The Bertz CT molecular complexity index is 352. The SMILES string of the molecule is COc1cc(OC)cc([C@H]2C=NCC2)c1. The molecule has 1 aromatic carbocycles. The minimum absolute atomic E-state index is 0.411. The number of ether oxygens (including phenoxy) is 2. The zero-order chi connectivity index (χ0) is 10.7. The maximum atomic E-state index is 5.23. The topological polar surface area (TPSA) is 30.8 Å².